The lowest BCUT2D eigenvalue weighted by atomic mass is 9.82. The molecule has 1 saturated carbocycles. The van der Waals surface area contributed by atoms with Crippen LogP contribution in [0.1, 0.15) is 32.6 Å². The summed E-state index contributed by atoms with van der Waals surface area (Å²) in [6.45, 7) is 4.22. The molecule has 0 aromatic carbocycles. The van der Waals surface area contributed by atoms with E-state index in [2.05, 4.69) is 0 Å². The molecule has 1 heterocycles. The quantitative estimate of drug-likeness (QED) is 0.645. The van der Waals surface area contributed by atoms with Crippen LogP contribution in [0.3, 0.4) is 0 Å². The number of ether oxygens (including phenoxy) is 1. The van der Waals surface area contributed by atoms with E-state index in [1.54, 1.807) is 0 Å². The lowest BCUT2D eigenvalue weighted by molar-refractivity contribution is 0.114. The van der Waals surface area contributed by atoms with Crippen LogP contribution in [0.4, 0.5) is 4.79 Å². The van der Waals surface area contributed by atoms with Crippen molar-refractivity contribution >= 4 is 6.09 Å². The lowest BCUT2D eigenvalue weighted by Gasteiger charge is -2.22. The molecule has 80 valence electrons. The van der Waals surface area contributed by atoms with E-state index in [1.165, 1.54) is 25.7 Å². The maximum atomic E-state index is 11.5. The van der Waals surface area contributed by atoms with Crippen molar-refractivity contribution in [2.75, 3.05) is 19.7 Å². The van der Waals surface area contributed by atoms with Crippen molar-refractivity contribution in [3.05, 3.63) is 0 Å². The van der Waals surface area contributed by atoms with E-state index in [0.29, 0.717) is 6.61 Å². The molecule has 0 radical (unpaired) electrons. The molecule has 2 rings (SSSR count). The highest BCUT2D eigenvalue weighted by molar-refractivity contribution is 5.68. The van der Waals surface area contributed by atoms with Gasteiger partial charge in [-0.15, -0.1) is 0 Å². The van der Waals surface area contributed by atoms with E-state index in [9.17, 15) is 4.79 Å². The first-order valence-electron chi connectivity index (χ1n) is 5.73. The largest absolute Gasteiger partial charge is 0.450 e. The molecule has 0 aromatic rings. The van der Waals surface area contributed by atoms with Crippen LogP contribution in [0, 0.1) is 11.8 Å². The third-order valence-corrected chi connectivity index (χ3v) is 3.50. The molecular weight excluding hydrogens is 178 g/mol. The second-order valence-electron chi connectivity index (χ2n) is 4.41. The fourth-order valence-electron chi connectivity index (χ4n) is 2.77. The second-order valence-corrected chi connectivity index (χ2v) is 4.41. The normalized spacial score (nSPS) is 31.4. The van der Waals surface area contributed by atoms with Crippen molar-refractivity contribution in [2.24, 2.45) is 11.8 Å². The van der Waals surface area contributed by atoms with E-state index in [-0.39, 0.29) is 6.09 Å². The lowest BCUT2D eigenvalue weighted by Crippen LogP contribution is -2.29. The average molecular weight is 197 g/mol. The van der Waals surface area contributed by atoms with Gasteiger partial charge in [0.25, 0.3) is 0 Å². The highest BCUT2D eigenvalue weighted by Crippen LogP contribution is 2.36. The van der Waals surface area contributed by atoms with Crippen LogP contribution in [0.2, 0.25) is 0 Å². The topological polar surface area (TPSA) is 29.5 Å². The molecular formula is C11H19NO2. The highest BCUT2D eigenvalue weighted by atomic mass is 16.6. The van der Waals surface area contributed by atoms with E-state index < -0.39 is 0 Å². The number of hydrogen-bond acceptors (Lipinski definition) is 2. The minimum absolute atomic E-state index is 0.109. The summed E-state index contributed by atoms with van der Waals surface area (Å²) in [5.41, 5.74) is 0. The third-order valence-electron chi connectivity index (χ3n) is 3.50. The van der Waals surface area contributed by atoms with E-state index in [1.807, 2.05) is 11.8 Å². The van der Waals surface area contributed by atoms with Gasteiger partial charge < -0.3 is 9.64 Å². The van der Waals surface area contributed by atoms with Crippen molar-refractivity contribution in [3.63, 3.8) is 0 Å². The average Bonchev–Trinajstić information content (AvgIpc) is 2.61. The van der Waals surface area contributed by atoms with E-state index in [0.717, 1.165) is 24.9 Å². The minimum Gasteiger partial charge on any atom is -0.450 e. The highest BCUT2D eigenvalue weighted by Gasteiger charge is 2.36. The molecule has 0 aromatic heterocycles. The molecule has 0 N–H and O–H groups in total. The van der Waals surface area contributed by atoms with Gasteiger partial charge in [0.05, 0.1) is 6.61 Å². The summed E-state index contributed by atoms with van der Waals surface area (Å²) >= 11 is 0. The Hall–Kier alpha value is -0.730. The Morgan fingerprint density at radius 1 is 1.29 bits per heavy atom. The van der Waals surface area contributed by atoms with Crippen LogP contribution in [-0.2, 0) is 4.74 Å². The van der Waals surface area contributed by atoms with Gasteiger partial charge in [0.2, 0.25) is 0 Å². The van der Waals surface area contributed by atoms with Crippen molar-refractivity contribution in [1.29, 1.82) is 0 Å². The zero-order valence-electron chi connectivity index (χ0n) is 8.87. The number of carbonyl (C=O) groups excluding carboxylic acids is 1. The van der Waals surface area contributed by atoms with Gasteiger partial charge in [-0.1, -0.05) is 12.8 Å². The summed E-state index contributed by atoms with van der Waals surface area (Å²) < 4.78 is 5.02. The molecule has 0 spiro atoms. The van der Waals surface area contributed by atoms with Crippen LogP contribution in [-0.4, -0.2) is 30.7 Å². The minimum atomic E-state index is -0.109. The van der Waals surface area contributed by atoms with Gasteiger partial charge in [0.15, 0.2) is 0 Å². The van der Waals surface area contributed by atoms with Crippen molar-refractivity contribution < 1.29 is 9.53 Å². The fourth-order valence-corrected chi connectivity index (χ4v) is 2.77. The Morgan fingerprint density at radius 2 is 1.86 bits per heavy atom. The molecule has 2 aliphatic rings. The van der Waals surface area contributed by atoms with Crippen LogP contribution in [0.25, 0.3) is 0 Å². The summed E-state index contributed by atoms with van der Waals surface area (Å²) in [4.78, 5) is 13.4. The standard InChI is InChI=1S/C11H19NO2/c1-2-14-11(13)12-7-9-5-3-4-6-10(9)8-12/h9-10H,2-8H2,1H3/t9-,10-/m1/s1. The van der Waals surface area contributed by atoms with Gasteiger partial charge in [-0.2, -0.15) is 0 Å². The van der Waals surface area contributed by atoms with Gasteiger partial charge in [0, 0.05) is 13.1 Å². The molecule has 3 nitrogen and oxygen atoms in total. The SMILES string of the molecule is CCOC(=O)N1C[C@H]2CCCC[C@@H]2C1. The third kappa shape index (κ3) is 1.86. The molecule has 1 saturated heterocycles. The molecule has 0 unspecified atom stereocenters. The van der Waals surface area contributed by atoms with Crippen LogP contribution >= 0.6 is 0 Å². The number of amides is 1. The zero-order valence-corrected chi connectivity index (χ0v) is 8.87. The molecule has 2 atom stereocenters. The van der Waals surface area contributed by atoms with E-state index >= 15 is 0 Å². The first-order valence-corrected chi connectivity index (χ1v) is 5.73. The second kappa shape index (κ2) is 4.20. The van der Waals surface area contributed by atoms with Crippen LogP contribution < -0.4 is 0 Å². The van der Waals surface area contributed by atoms with Gasteiger partial charge in [-0.25, -0.2) is 4.79 Å². The monoisotopic (exact) mass is 197 g/mol. The molecule has 14 heavy (non-hydrogen) atoms. The first-order chi connectivity index (χ1) is 6.81. The maximum Gasteiger partial charge on any atom is 0.409 e. The number of fused-ring (bicyclic) bond motifs is 1. The maximum absolute atomic E-state index is 11.5. The molecule has 3 heteroatoms. The Kier molecular flexibility index (Phi) is 2.94. The zero-order chi connectivity index (χ0) is 9.97. The summed E-state index contributed by atoms with van der Waals surface area (Å²) in [6, 6.07) is 0. The Balaban J connectivity index is 1.89. The summed E-state index contributed by atoms with van der Waals surface area (Å²) in [5.74, 6) is 1.52. The van der Waals surface area contributed by atoms with Crippen LogP contribution in [0.15, 0.2) is 0 Å². The summed E-state index contributed by atoms with van der Waals surface area (Å²) in [6.07, 6.45) is 5.19. The van der Waals surface area contributed by atoms with Crippen molar-refractivity contribution in [1.82, 2.24) is 4.90 Å². The molecule has 1 amide bonds. The summed E-state index contributed by atoms with van der Waals surface area (Å²) in [7, 11) is 0. The number of nitrogens with zero attached hydrogens (tertiary/aromatic N) is 1. The number of hydrogen-bond donors (Lipinski definition) is 0. The van der Waals surface area contributed by atoms with Crippen LogP contribution in [0.5, 0.6) is 0 Å². The Morgan fingerprint density at radius 3 is 2.36 bits per heavy atom. The molecule has 0 bridgehead atoms. The first kappa shape index (κ1) is 9.81. The van der Waals surface area contributed by atoms with Gasteiger partial charge >= 0.3 is 6.09 Å². The smallest absolute Gasteiger partial charge is 0.409 e. The number of rotatable bonds is 1. The summed E-state index contributed by atoms with van der Waals surface area (Å²) in [5, 5.41) is 0. The molecule has 1 aliphatic carbocycles. The Labute approximate surface area is 85.4 Å². The van der Waals surface area contributed by atoms with Gasteiger partial charge in [-0.05, 0) is 31.6 Å². The van der Waals surface area contributed by atoms with Crippen molar-refractivity contribution in [3.8, 4) is 0 Å². The number of likely N-dealkylation sites (tertiary alicyclic amines) is 1. The van der Waals surface area contributed by atoms with E-state index in [4.69, 9.17) is 4.74 Å². The van der Waals surface area contributed by atoms with Crippen molar-refractivity contribution in [2.45, 2.75) is 32.6 Å². The fraction of sp³-hybridized carbons (Fsp3) is 0.909. The molecule has 1 aliphatic heterocycles. The predicted octanol–water partition coefficient (Wildman–Crippen LogP) is 2.26. The molecule has 2 fully saturated rings. The Bertz CT molecular complexity index is 203. The van der Waals surface area contributed by atoms with Gasteiger partial charge in [-0.3, -0.25) is 0 Å². The van der Waals surface area contributed by atoms with Gasteiger partial charge in [0.1, 0.15) is 0 Å². The number of carbonyl (C=O) groups is 1. The predicted molar refractivity (Wildman–Crippen MR) is 54.0 cm³/mol.